The molecule has 0 radical (unpaired) electrons. The maximum absolute atomic E-state index is 12.0. The number of carbonyl (C=O) groups is 5. The number of nitrogens with one attached hydrogen (secondary N) is 2. The molecule has 1 aliphatic heterocycles. The average Bonchev–Trinajstić information content (AvgIpc) is 2.67. The Hall–Kier alpha value is -3.07. The first-order valence-electron chi connectivity index (χ1n) is 9.91. The maximum Gasteiger partial charge on any atom is 0.233 e. The Labute approximate surface area is 175 Å². The van der Waals surface area contributed by atoms with Crippen LogP contribution in [-0.4, -0.2) is 60.6 Å². The number of ether oxygens (including phenoxy) is 1. The van der Waals surface area contributed by atoms with Crippen molar-refractivity contribution >= 4 is 35.1 Å². The summed E-state index contributed by atoms with van der Waals surface area (Å²) < 4.78 is 5.29. The molecule has 162 valence electrons. The summed E-state index contributed by atoms with van der Waals surface area (Å²) in [5.74, 6) is -1.14. The summed E-state index contributed by atoms with van der Waals surface area (Å²) in [5, 5.41) is 5.22. The van der Waals surface area contributed by atoms with Crippen LogP contribution in [0.4, 0.5) is 5.69 Å². The van der Waals surface area contributed by atoms with Crippen LogP contribution in [0, 0.1) is 0 Å². The molecule has 2 N–H and O–H groups in total. The van der Waals surface area contributed by atoms with Gasteiger partial charge in [-0.1, -0.05) is 12.1 Å². The largest absolute Gasteiger partial charge is 0.380 e. The lowest BCUT2D eigenvalue weighted by molar-refractivity contribution is -0.152. The number of likely N-dealkylation sites (tertiary alicyclic amines) is 1. The molecule has 1 aromatic rings. The van der Waals surface area contributed by atoms with Crippen LogP contribution in [0.1, 0.15) is 38.2 Å². The van der Waals surface area contributed by atoms with Gasteiger partial charge in [-0.2, -0.15) is 0 Å². The van der Waals surface area contributed by atoms with Crippen LogP contribution >= 0.6 is 0 Å². The van der Waals surface area contributed by atoms with E-state index in [2.05, 4.69) is 10.6 Å². The van der Waals surface area contributed by atoms with Gasteiger partial charge in [0.2, 0.25) is 23.6 Å². The molecule has 1 heterocycles. The van der Waals surface area contributed by atoms with Crippen molar-refractivity contribution in [3.05, 3.63) is 29.8 Å². The molecular formula is C21H27N3O6. The number of rotatable bonds is 12. The highest BCUT2D eigenvalue weighted by atomic mass is 16.5. The second kappa shape index (κ2) is 11.8. The summed E-state index contributed by atoms with van der Waals surface area (Å²) in [5.41, 5.74) is 1.25. The van der Waals surface area contributed by atoms with Gasteiger partial charge in [-0.15, -0.1) is 0 Å². The van der Waals surface area contributed by atoms with Gasteiger partial charge in [0.05, 0.1) is 13.0 Å². The Kier molecular flexibility index (Phi) is 9.14. The van der Waals surface area contributed by atoms with Gasteiger partial charge in [-0.3, -0.25) is 24.1 Å². The number of amides is 4. The van der Waals surface area contributed by atoms with E-state index in [1.54, 1.807) is 24.3 Å². The first kappa shape index (κ1) is 23.2. The second-order valence-electron chi connectivity index (χ2n) is 7.06. The van der Waals surface area contributed by atoms with Crippen LogP contribution in [-0.2, 0) is 35.1 Å². The van der Waals surface area contributed by atoms with E-state index in [1.807, 2.05) is 0 Å². The number of nitrogens with zero attached hydrogens (tertiary/aromatic N) is 1. The summed E-state index contributed by atoms with van der Waals surface area (Å²) in [4.78, 5) is 59.0. The number of Topliss-reactive ketones (excluding diaryl/α,β-unsaturated/α-hetero) is 1. The molecule has 1 fully saturated rings. The third-order valence-corrected chi connectivity index (χ3v) is 4.45. The predicted molar refractivity (Wildman–Crippen MR) is 108 cm³/mol. The van der Waals surface area contributed by atoms with E-state index in [4.69, 9.17) is 4.74 Å². The molecule has 0 unspecified atom stereocenters. The molecule has 9 nitrogen and oxygen atoms in total. The summed E-state index contributed by atoms with van der Waals surface area (Å²) in [6.07, 6.45) is 1.34. The Balaban J connectivity index is 1.62. The summed E-state index contributed by atoms with van der Waals surface area (Å²) >= 11 is 0. The topological polar surface area (TPSA) is 122 Å². The monoisotopic (exact) mass is 417 g/mol. The van der Waals surface area contributed by atoms with E-state index in [1.165, 1.54) is 11.8 Å². The van der Waals surface area contributed by atoms with Crippen LogP contribution in [0.15, 0.2) is 24.3 Å². The fourth-order valence-electron chi connectivity index (χ4n) is 2.76. The molecule has 1 aliphatic rings. The Morgan fingerprint density at radius 3 is 2.40 bits per heavy atom. The zero-order valence-corrected chi connectivity index (χ0v) is 17.1. The number of hydrogen-bond donors (Lipinski definition) is 2. The molecule has 9 heteroatoms. The number of ketones is 1. The fourth-order valence-corrected chi connectivity index (χ4v) is 2.76. The smallest absolute Gasteiger partial charge is 0.233 e. The van der Waals surface area contributed by atoms with Crippen LogP contribution < -0.4 is 10.6 Å². The number of carbonyl (C=O) groups excluding carboxylic acids is 5. The Morgan fingerprint density at radius 1 is 1.07 bits per heavy atom. The van der Waals surface area contributed by atoms with Crippen molar-refractivity contribution in [2.45, 2.75) is 39.0 Å². The van der Waals surface area contributed by atoms with Gasteiger partial charge in [0.1, 0.15) is 12.2 Å². The van der Waals surface area contributed by atoms with E-state index in [-0.39, 0.29) is 37.0 Å². The standard InChI is InChI=1S/C21H27N3O6/c1-15(25)3-2-11-30-12-9-22-18(26)14-19(27)23-17-6-4-16(5-7-17)13-21(29)24-10-8-20(24)28/h4-7H,2-3,8-14H2,1H3,(H,22,26)(H,23,27). The minimum absolute atomic E-state index is 0.115. The highest BCUT2D eigenvalue weighted by molar-refractivity contribution is 6.03. The fraction of sp³-hybridized carbons (Fsp3) is 0.476. The van der Waals surface area contributed by atoms with Gasteiger partial charge in [-0.25, -0.2) is 0 Å². The zero-order chi connectivity index (χ0) is 21.9. The van der Waals surface area contributed by atoms with E-state index >= 15 is 0 Å². The molecule has 0 aliphatic carbocycles. The third kappa shape index (κ3) is 8.12. The molecule has 0 saturated carbocycles. The summed E-state index contributed by atoms with van der Waals surface area (Å²) in [6.45, 7) is 3.05. The minimum Gasteiger partial charge on any atom is -0.380 e. The lowest BCUT2D eigenvalue weighted by Gasteiger charge is -2.28. The molecule has 0 atom stereocenters. The normalized spacial score (nSPS) is 12.8. The number of hydrogen-bond acceptors (Lipinski definition) is 6. The Bertz CT molecular complexity index is 790. The lowest BCUT2D eigenvalue weighted by Crippen LogP contribution is -2.48. The first-order valence-corrected chi connectivity index (χ1v) is 9.91. The van der Waals surface area contributed by atoms with E-state index in [9.17, 15) is 24.0 Å². The number of benzene rings is 1. The Morgan fingerprint density at radius 2 is 1.80 bits per heavy atom. The second-order valence-corrected chi connectivity index (χ2v) is 7.06. The van der Waals surface area contributed by atoms with Crippen molar-refractivity contribution < 1.29 is 28.7 Å². The van der Waals surface area contributed by atoms with Crippen molar-refractivity contribution in [3.63, 3.8) is 0 Å². The van der Waals surface area contributed by atoms with Crippen LogP contribution in [0.2, 0.25) is 0 Å². The molecule has 0 bridgehead atoms. The van der Waals surface area contributed by atoms with Crippen LogP contribution in [0.25, 0.3) is 0 Å². The highest BCUT2D eigenvalue weighted by Crippen LogP contribution is 2.14. The van der Waals surface area contributed by atoms with E-state index in [0.717, 1.165) is 5.56 Å². The van der Waals surface area contributed by atoms with Gasteiger partial charge in [0.15, 0.2) is 0 Å². The quantitative estimate of drug-likeness (QED) is 0.295. The molecule has 1 aromatic carbocycles. The van der Waals surface area contributed by atoms with Crippen molar-refractivity contribution in [1.82, 2.24) is 10.2 Å². The average molecular weight is 417 g/mol. The SMILES string of the molecule is CC(=O)CCCOCCNC(=O)CC(=O)Nc1ccc(CC(=O)N2CCC2=O)cc1. The molecule has 4 amide bonds. The van der Waals surface area contributed by atoms with E-state index < -0.39 is 11.8 Å². The van der Waals surface area contributed by atoms with Crippen molar-refractivity contribution in [2.24, 2.45) is 0 Å². The van der Waals surface area contributed by atoms with Gasteiger partial charge in [0, 0.05) is 38.2 Å². The van der Waals surface area contributed by atoms with Crippen molar-refractivity contribution in [2.75, 3.05) is 31.6 Å². The van der Waals surface area contributed by atoms with Crippen molar-refractivity contribution in [3.8, 4) is 0 Å². The van der Waals surface area contributed by atoms with E-state index in [0.29, 0.717) is 44.7 Å². The zero-order valence-electron chi connectivity index (χ0n) is 17.1. The van der Waals surface area contributed by atoms with Gasteiger partial charge in [0.25, 0.3) is 0 Å². The lowest BCUT2D eigenvalue weighted by atomic mass is 10.1. The molecule has 0 spiro atoms. The minimum atomic E-state index is -0.454. The third-order valence-electron chi connectivity index (χ3n) is 4.45. The first-order chi connectivity index (χ1) is 14.3. The number of anilines is 1. The molecule has 2 rings (SSSR count). The van der Waals surface area contributed by atoms with Crippen LogP contribution in [0.3, 0.4) is 0 Å². The van der Waals surface area contributed by atoms with Gasteiger partial charge in [-0.05, 0) is 31.0 Å². The molecule has 1 saturated heterocycles. The molecular weight excluding hydrogens is 390 g/mol. The maximum atomic E-state index is 12.0. The molecule has 30 heavy (non-hydrogen) atoms. The number of β-lactam (4-membered cyclic amide) rings is 1. The van der Waals surface area contributed by atoms with Crippen molar-refractivity contribution in [1.29, 1.82) is 0 Å². The van der Waals surface area contributed by atoms with Crippen LogP contribution in [0.5, 0.6) is 0 Å². The van der Waals surface area contributed by atoms with Gasteiger partial charge < -0.3 is 20.2 Å². The van der Waals surface area contributed by atoms with Gasteiger partial charge >= 0.3 is 0 Å². The number of imide groups is 1. The molecule has 0 aromatic heterocycles. The highest BCUT2D eigenvalue weighted by Gasteiger charge is 2.29. The predicted octanol–water partition coefficient (Wildman–Crippen LogP) is 0.819. The summed E-state index contributed by atoms with van der Waals surface area (Å²) in [6, 6.07) is 6.68. The summed E-state index contributed by atoms with van der Waals surface area (Å²) in [7, 11) is 0.